The van der Waals surface area contributed by atoms with Gasteiger partial charge in [0.15, 0.2) is 0 Å². The number of allylic oxidation sites excluding steroid dienone is 1. The lowest BCUT2D eigenvalue weighted by Crippen LogP contribution is -2.28. The largest absolute Gasteiger partial charge is 0.393 e. The van der Waals surface area contributed by atoms with Crippen molar-refractivity contribution in [3.63, 3.8) is 0 Å². The second-order valence-corrected chi connectivity index (χ2v) is 4.08. The summed E-state index contributed by atoms with van der Waals surface area (Å²) in [7, 11) is 0. The number of aliphatic hydroxyl groups is 1. The smallest absolute Gasteiger partial charge is 0.0574 e. The maximum Gasteiger partial charge on any atom is 0.0574 e. The van der Waals surface area contributed by atoms with Crippen molar-refractivity contribution in [2.45, 2.75) is 38.2 Å². The van der Waals surface area contributed by atoms with Crippen LogP contribution in [0.5, 0.6) is 0 Å². The van der Waals surface area contributed by atoms with E-state index >= 15 is 0 Å². The van der Waals surface area contributed by atoms with Gasteiger partial charge in [-0.05, 0) is 37.5 Å². The molecular weight excluding hydrogens is 136 g/mol. The first-order chi connectivity index (χ1) is 5.27. The molecule has 11 heavy (non-hydrogen) atoms. The van der Waals surface area contributed by atoms with Gasteiger partial charge in [0.1, 0.15) is 0 Å². The van der Waals surface area contributed by atoms with Crippen LogP contribution in [0.2, 0.25) is 0 Å². The molecule has 0 bridgehead atoms. The molecule has 0 aromatic rings. The van der Waals surface area contributed by atoms with E-state index in [1.54, 1.807) is 0 Å². The van der Waals surface area contributed by atoms with Crippen molar-refractivity contribution in [1.29, 1.82) is 0 Å². The van der Waals surface area contributed by atoms with Crippen LogP contribution in [-0.4, -0.2) is 11.2 Å². The van der Waals surface area contributed by atoms with Crippen LogP contribution in [0.25, 0.3) is 0 Å². The molecule has 2 aliphatic carbocycles. The van der Waals surface area contributed by atoms with Gasteiger partial charge in [0.25, 0.3) is 0 Å². The number of fused-ring (bicyclic) bond motifs is 1. The molecule has 2 aliphatic rings. The van der Waals surface area contributed by atoms with Crippen LogP contribution in [0, 0.1) is 11.8 Å². The highest BCUT2D eigenvalue weighted by Crippen LogP contribution is 2.44. The Labute approximate surface area is 68.1 Å². The van der Waals surface area contributed by atoms with Crippen molar-refractivity contribution in [3.8, 4) is 0 Å². The Morgan fingerprint density at radius 3 is 2.82 bits per heavy atom. The van der Waals surface area contributed by atoms with Crippen LogP contribution in [0.3, 0.4) is 0 Å². The molecule has 1 heteroatoms. The van der Waals surface area contributed by atoms with E-state index in [2.05, 4.69) is 6.58 Å². The fraction of sp³-hybridized carbons (Fsp3) is 0.800. The van der Waals surface area contributed by atoms with Gasteiger partial charge in [-0.25, -0.2) is 0 Å². The van der Waals surface area contributed by atoms with Crippen molar-refractivity contribution in [2.24, 2.45) is 11.8 Å². The van der Waals surface area contributed by atoms with Gasteiger partial charge >= 0.3 is 0 Å². The summed E-state index contributed by atoms with van der Waals surface area (Å²) < 4.78 is 0. The number of aliphatic hydroxyl groups excluding tert-OH is 1. The Kier molecular flexibility index (Phi) is 1.76. The number of hydrogen-bond acceptors (Lipinski definition) is 1. The SMILES string of the molecule is C=C1C[C@H]2CCC[C@H](O)[C@H]2C1. The Balaban J connectivity index is 2.09. The van der Waals surface area contributed by atoms with Crippen molar-refractivity contribution in [2.75, 3.05) is 0 Å². The number of rotatable bonds is 0. The van der Waals surface area contributed by atoms with Crippen LogP contribution >= 0.6 is 0 Å². The molecule has 0 aliphatic heterocycles. The van der Waals surface area contributed by atoms with Gasteiger partial charge in [-0.2, -0.15) is 0 Å². The standard InChI is InChI=1S/C10H16O/c1-7-5-8-3-2-4-10(11)9(8)6-7/h8-11H,1-6H2/t8-,9+,10+/m1/s1. The van der Waals surface area contributed by atoms with Crippen molar-refractivity contribution in [3.05, 3.63) is 12.2 Å². The molecule has 2 saturated carbocycles. The molecule has 1 nitrogen and oxygen atoms in total. The van der Waals surface area contributed by atoms with Gasteiger partial charge in [0.2, 0.25) is 0 Å². The third-order valence-corrected chi connectivity index (χ3v) is 3.25. The first kappa shape index (κ1) is 7.35. The van der Waals surface area contributed by atoms with E-state index in [9.17, 15) is 5.11 Å². The lowest BCUT2D eigenvalue weighted by atomic mass is 9.80. The molecule has 1 N–H and O–H groups in total. The summed E-state index contributed by atoms with van der Waals surface area (Å²) in [6.07, 6.45) is 5.81. The average Bonchev–Trinajstić information content (AvgIpc) is 2.31. The number of hydrogen-bond donors (Lipinski definition) is 1. The summed E-state index contributed by atoms with van der Waals surface area (Å²) in [4.78, 5) is 0. The third kappa shape index (κ3) is 1.22. The summed E-state index contributed by atoms with van der Waals surface area (Å²) >= 11 is 0. The van der Waals surface area contributed by atoms with Gasteiger partial charge in [0, 0.05) is 0 Å². The first-order valence-corrected chi connectivity index (χ1v) is 4.62. The van der Waals surface area contributed by atoms with Crippen LogP contribution in [0.15, 0.2) is 12.2 Å². The predicted molar refractivity (Wildman–Crippen MR) is 45.2 cm³/mol. The minimum absolute atomic E-state index is 0.0204. The maximum absolute atomic E-state index is 9.66. The Morgan fingerprint density at radius 2 is 2.09 bits per heavy atom. The maximum atomic E-state index is 9.66. The Hall–Kier alpha value is -0.300. The third-order valence-electron chi connectivity index (χ3n) is 3.25. The zero-order chi connectivity index (χ0) is 7.84. The average molecular weight is 152 g/mol. The van der Waals surface area contributed by atoms with Crippen LogP contribution in [0.1, 0.15) is 32.1 Å². The van der Waals surface area contributed by atoms with Gasteiger partial charge in [-0.1, -0.05) is 18.6 Å². The fourth-order valence-electron chi connectivity index (χ4n) is 2.68. The van der Waals surface area contributed by atoms with Gasteiger partial charge < -0.3 is 5.11 Å². The minimum Gasteiger partial charge on any atom is -0.393 e. The molecule has 0 radical (unpaired) electrons. The van der Waals surface area contributed by atoms with E-state index in [0.717, 1.165) is 18.8 Å². The fourth-order valence-corrected chi connectivity index (χ4v) is 2.68. The van der Waals surface area contributed by atoms with E-state index in [1.165, 1.54) is 24.8 Å². The van der Waals surface area contributed by atoms with Crippen LogP contribution in [0.4, 0.5) is 0 Å². The molecule has 0 saturated heterocycles. The molecule has 0 aromatic carbocycles. The monoisotopic (exact) mass is 152 g/mol. The second kappa shape index (κ2) is 2.63. The molecule has 0 spiro atoms. The summed E-state index contributed by atoms with van der Waals surface area (Å²) in [5.74, 6) is 1.34. The lowest BCUT2D eigenvalue weighted by Gasteiger charge is -2.29. The summed E-state index contributed by atoms with van der Waals surface area (Å²) in [6.45, 7) is 4.00. The topological polar surface area (TPSA) is 20.2 Å². The molecule has 0 amide bonds. The predicted octanol–water partition coefficient (Wildman–Crippen LogP) is 2.11. The van der Waals surface area contributed by atoms with Crippen molar-refractivity contribution < 1.29 is 5.11 Å². The minimum atomic E-state index is -0.0204. The van der Waals surface area contributed by atoms with E-state index in [4.69, 9.17) is 0 Å². The molecule has 2 rings (SSSR count). The highest BCUT2D eigenvalue weighted by Gasteiger charge is 2.36. The van der Waals surface area contributed by atoms with Gasteiger partial charge in [-0.3, -0.25) is 0 Å². The van der Waals surface area contributed by atoms with Crippen molar-refractivity contribution in [1.82, 2.24) is 0 Å². The van der Waals surface area contributed by atoms with Gasteiger partial charge in [0.05, 0.1) is 6.10 Å². The van der Waals surface area contributed by atoms with Crippen LogP contribution < -0.4 is 0 Å². The molecule has 62 valence electrons. The van der Waals surface area contributed by atoms with Crippen molar-refractivity contribution >= 4 is 0 Å². The first-order valence-electron chi connectivity index (χ1n) is 4.62. The quantitative estimate of drug-likeness (QED) is 0.527. The Bertz CT molecular complexity index is 174. The van der Waals surface area contributed by atoms with E-state index in [1.807, 2.05) is 0 Å². The Morgan fingerprint density at radius 1 is 1.27 bits per heavy atom. The second-order valence-electron chi connectivity index (χ2n) is 4.08. The molecule has 0 aromatic heterocycles. The molecule has 2 fully saturated rings. The summed E-state index contributed by atoms with van der Waals surface area (Å²) in [5.41, 5.74) is 1.36. The summed E-state index contributed by atoms with van der Waals surface area (Å²) in [6, 6.07) is 0. The summed E-state index contributed by atoms with van der Waals surface area (Å²) in [5, 5.41) is 9.66. The zero-order valence-corrected chi connectivity index (χ0v) is 6.92. The molecule has 3 atom stereocenters. The molecule has 0 heterocycles. The highest BCUT2D eigenvalue weighted by atomic mass is 16.3. The van der Waals surface area contributed by atoms with Gasteiger partial charge in [-0.15, -0.1) is 0 Å². The van der Waals surface area contributed by atoms with Crippen LogP contribution in [-0.2, 0) is 0 Å². The van der Waals surface area contributed by atoms with E-state index in [0.29, 0.717) is 5.92 Å². The molecular formula is C10H16O. The zero-order valence-electron chi connectivity index (χ0n) is 6.92. The lowest BCUT2D eigenvalue weighted by molar-refractivity contribution is 0.0480. The van der Waals surface area contributed by atoms with E-state index < -0.39 is 0 Å². The van der Waals surface area contributed by atoms with E-state index in [-0.39, 0.29) is 6.10 Å². The normalized spacial score (nSPS) is 44.1. The molecule has 0 unspecified atom stereocenters. The highest BCUT2D eigenvalue weighted by molar-refractivity contribution is 5.08.